The van der Waals surface area contributed by atoms with Crippen LogP contribution in [0.15, 0.2) is 109 Å². The summed E-state index contributed by atoms with van der Waals surface area (Å²) in [4.78, 5) is 44.3. The molecule has 3 aromatic carbocycles. The van der Waals surface area contributed by atoms with Crippen LogP contribution in [0.25, 0.3) is 0 Å². The summed E-state index contributed by atoms with van der Waals surface area (Å²) in [6, 6.07) is 25.6. The molecule has 0 radical (unpaired) electrons. The number of hydrogen-bond acceptors (Lipinski definition) is 4. The molecule has 4 amide bonds. The maximum Gasteiger partial charge on any atom is 0.471 e. The molecule has 3 aromatic rings. The summed E-state index contributed by atoms with van der Waals surface area (Å²) in [7, 11) is 2.65. The van der Waals surface area contributed by atoms with Crippen molar-refractivity contribution in [1.29, 1.82) is 0 Å². The maximum absolute atomic E-state index is 14.6. The van der Waals surface area contributed by atoms with Crippen LogP contribution >= 0.6 is 23.2 Å². The molecule has 0 aromatic heterocycles. The second kappa shape index (κ2) is 15.8. The Morgan fingerprint density at radius 1 is 0.926 bits per heavy atom. The van der Waals surface area contributed by atoms with E-state index in [-0.39, 0.29) is 18.7 Å². The number of carbonyl (C=O) groups is 3. The molecule has 13 heteroatoms. The highest BCUT2D eigenvalue weighted by Crippen LogP contribution is 2.41. The maximum atomic E-state index is 14.6. The standard InChI is InChI=1S/C41H44Cl2F3N5O3/c1-49(36(53)41(44,45)46)28-39(32-17-19-40(42,43)20-18-32,50(2)37(54)47-35(29-11-5-3-6-12-29)30-13-7-4-8-14-30)23-26-51-24-21-38(22-25-51)33-16-10-9-15-31(33)27-34(52)48-38/h3-19,35H,20-28H2,1-2H3,(H,47,54)(H,48,52). The van der Waals surface area contributed by atoms with Crippen molar-refractivity contribution in [3.63, 3.8) is 0 Å². The average molecular weight is 783 g/mol. The van der Waals surface area contributed by atoms with E-state index in [1.807, 2.05) is 78.9 Å². The number of likely N-dealkylation sites (tertiary alicyclic amines) is 1. The van der Waals surface area contributed by atoms with Crippen LogP contribution in [0.1, 0.15) is 54.0 Å². The predicted octanol–water partition coefficient (Wildman–Crippen LogP) is 7.29. The van der Waals surface area contributed by atoms with Gasteiger partial charge in [-0.05, 0) is 53.2 Å². The van der Waals surface area contributed by atoms with Gasteiger partial charge < -0.3 is 25.3 Å². The van der Waals surface area contributed by atoms with Crippen molar-refractivity contribution in [2.45, 2.75) is 59.7 Å². The van der Waals surface area contributed by atoms with Crippen molar-refractivity contribution in [2.75, 3.05) is 40.3 Å². The first-order valence-electron chi connectivity index (χ1n) is 18.0. The van der Waals surface area contributed by atoms with Gasteiger partial charge >= 0.3 is 18.1 Å². The largest absolute Gasteiger partial charge is 0.471 e. The molecule has 1 fully saturated rings. The minimum absolute atomic E-state index is 0.0267. The number of nitrogens with zero attached hydrogens (tertiary/aromatic N) is 3. The molecule has 2 heterocycles. The van der Waals surface area contributed by atoms with Crippen LogP contribution in [0, 0.1) is 0 Å². The van der Waals surface area contributed by atoms with Gasteiger partial charge in [0.05, 0.1) is 23.5 Å². The normalized spacial score (nSPS) is 19.0. The summed E-state index contributed by atoms with van der Waals surface area (Å²) in [6.45, 7) is 1.08. The molecule has 54 heavy (non-hydrogen) atoms. The number of nitrogens with one attached hydrogen (secondary N) is 2. The van der Waals surface area contributed by atoms with Crippen molar-refractivity contribution in [3.05, 3.63) is 131 Å². The zero-order valence-corrected chi connectivity index (χ0v) is 31.7. The van der Waals surface area contributed by atoms with E-state index < -0.39 is 46.1 Å². The predicted molar refractivity (Wildman–Crippen MR) is 204 cm³/mol. The fraction of sp³-hybridized carbons (Fsp3) is 0.390. The third-order valence-corrected chi connectivity index (χ3v) is 11.6. The van der Waals surface area contributed by atoms with Crippen LogP contribution in [0.4, 0.5) is 18.0 Å². The molecule has 1 atom stereocenters. The average Bonchev–Trinajstić information content (AvgIpc) is 3.15. The van der Waals surface area contributed by atoms with Crippen molar-refractivity contribution in [1.82, 2.24) is 25.3 Å². The zero-order chi connectivity index (χ0) is 38.7. The van der Waals surface area contributed by atoms with E-state index in [2.05, 4.69) is 21.6 Å². The number of halogens is 5. The van der Waals surface area contributed by atoms with Gasteiger partial charge in [0.25, 0.3) is 0 Å². The molecule has 2 aliphatic heterocycles. The summed E-state index contributed by atoms with van der Waals surface area (Å²) in [5.41, 5.74) is 2.27. The Kier molecular flexibility index (Phi) is 11.5. The highest BCUT2D eigenvalue weighted by atomic mass is 35.5. The minimum Gasteiger partial charge on any atom is -0.346 e. The fourth-order valence-corrected chi connectivity index (χ4v) is 8.34. The third kappa shape index (κ3) is 8.48. The Balaban J connectivity index is 1.34. The summed E-state index contributed by atoms with van der Waals surface area (Å²) in [6.07, 6.45) is 1.69. The monoisotopic (exact) mass is 781 g/mol. The second-order valence-corrected chi connectivity index (χ2v) is 16.0. The molecule has 2 N–H and O–H groups in total. The van der Waals surface area contributed by atoms with Crippen LogP contribution in [-0.2, 0) is 21.5 Å². The van der Waals surface area contributed by atoms with E-state index >= 15 is 0 Å². The minimum atomic E-state index is -5.13. The van der Waals surface area contributed by atoms with Gasteiger partial charge in [-0.1, -0.05) is 120 Å². The molecule has 1 aliphatic carbocycles. The molecule has 3 aliphatic rings. The summed E-state index contributed by atoms with van der Waals surface area (Å²) >= 11 is 12.9. The van der Waals surface area contributed by atoms with Gasteiger partial charge in [0, 0.05) is 46.7 Å². The number of rotatable bonds is 10. The summed E-state index contributed by atoms with van der Waals surface area (Å²) < 4.78 is 40.5. The highest BCUT2D eigenvalue weighted by molar-refractivity contribution is 6.50. The second-order valence-electron chi connectivity index (χ2n) is 14.5. The number of carbonyl (C=O) groups excluding carboxylic acids is 3. The van der Waals surface area contributed by atoms with E-state index in [9.17, 15) is 27.6 Å². The van der Waals surface area contributed by atoms with Crippen LogP contribution < -0.4 is 10.6 Å². The Hall–Kier alpha value is -4.32. The molecule has 0 bridgehead atoms. The highest BCUT2D eigenvalue weighted by Gasteiger charge is 2.49. The SMILES string of the molecule is CN(CC(CCN1CCC2(CC1)NC(=O)Cc1ccccc12)(C1=CCC(Cl)(Cl)C=C1)N(C)C(=O)NC(c1ccccc1)c1ccccc1)C(=O)C(F)(F)F. The number of fused-ring (bicyclic) bond motifs is 2. The number of urea groups is 1. The molecule has 1 unspecified atom stereocenters. The fourth-order valence-electron chi connectivity index (χ4n) is 8.05. The van der Waals surface area contributed by atoms with Crippen molar-refractivity contribution < 1.29 is 27.6 Å². The lowest BCUT2D eigenvalue weighted by Gasteiger charge is -2.49. The Labute approximate surface area is 324 Å². The zero-order valence-electron chi connectivity index (χ0n) is 30.2. The molecule has 8 nitrogen and oxygen atoms in total. The number of amides is 4. The molecule has 0 saturated carbocycles. The molecular weight excluding hydrogens is 738 g/mol. The Morgan fingerprint density at radius 2 is 1.52 bits per heavy atom. The van der Waals surface area contributed by atoms with Gasteiger partial charge in [0.2, 0.25) is 5.91 Å². The molecule has 1 spiro atoms. The quantitative estimate of drug-likeness (QED) is 0.212. The smallest absolute Gasteiger partial charge is 0.346 e. The lowest BCUT2D eigenvalue weighted by Crippen LogP contribution is -2.62. The van der Waals surface area contributed by atoms with Gasteiger partial charge in [-0.15, -0.1) is 0 Å². The number of benzene rings is 3. The van der Waals surface area contributed by atoms with Crippen LogP contribution in [0.2, 0.25) is 0 Å². The van der Waals surface area contributed by atoms with Gasteiger partial charge in [0.1, 0.15) is 4.33 Å². The topological polar surface area (TPSA) is 85.0 Å². The third-order valence-electron chi connectivity index (χ3n) is 11.0. The van der Waals surface area contributed by atoms with Crippen LogP contribution in [-0.4, -0.2) is 88.9 Å². The molecule has 1 saturated heterocycles. The Bertz CT molecular complexity index is 1860. The molecule has 286 valence electrons. The van der Waals surface area contributed by atoms with Crippen molar-refractivity contribution >= 4 is 41.0 Å². The van der Waals surface area contributed by atoms with E-state index in [1.165, 1.54) is 4.90 Å². The Morgan fingerprint density at radius 3 is 2.09 bits per heavy atom. The van der Waals surface area contributed by atoms with Crippen molar-refractivity contribution in [2.24, 2.45) is 0 Å². The lowest BCUT2D eigenvalue weighted by molar-refractivity contribution is -0.185. The first-order chi connectivity index (χ1) is 25.6. The van der Waals surface area contributed by atoms with E-state index in [0.29, 0.717) is 49.4 Å². The number of allylic oxidation sites excluding steroid dienone is 2. The van der Waals surface area contributed by atoms with Crippen LogP contribution in [0.3, 0.4) is 0 Å². The number of hydrogen-bond donors (Lipinski definition) is 2. The van der Waals surface area contributed by atoms with E-state index in [1.54, 1.807) is 25.3 Å². The van der Waals surface area contributed by atoms with Crippen LogP contribution in [0.5, 0.6) is 0 Å². The van der Waals surface area contributed by atoms with Gasteiger partial charge in [0.15, 0.2) is 0 Å². The number of likely N-dealkylation sites (N-methyl/N-ethyl adjacent to an activating group) is 2. The van der Waals surface area contributed by atoms with Gasteiger partial charge in [-0.2, -0.15) is 13.2 Å². The summed E-state index contributed by atoms with van der Waals surface area (Å²) in [5, 5.41) is 6.39. The van der Waals surface area contributed by atoms with E-state index in [4.69, 9.17) is 23.2 Å². The first-order valence-corrected chi connectivity index (χ1v) is 18.7. The van der Waals surface area contributed by atoms with Gasteiger partial charge in [-0.25, -0.2) is 4.79 Å². The summed E-state index contributed by atoms with van der Waals surface area (Å²) in [5.74, 6) is -2.05. The van der Waals surface area contributed by atoms with Gasteiger partial charge in [-0.3, -0.25) is 9.59 Å². The van der Waals surface area contributed by atoms with E-state index in [0.717, 1.165) is 29.3 Å². The lowest BCUT2D eigenvalue weighted by atomic mass is 9.75. The number of alkyl halides is 5. The van der Waals surface area contributed by atoms with Crippen molar-refractivity contribution in [3.8, 4) is 0 Å². The molecule has 6 rings (SSSR count). The molecular formula is C41H44Cl2F3N5O3. The number of piperidine rings is 1. The first kappa shape index (κ1) is 39.4.